The van der Waals surface area contributed by atoms with Crippen LogP contribution in [0.15, 0.2) is 35.5 Å². The maximum atomic E-state index is 13.0. The van der Waals surface area contributed by atoms with Crippen molar-refractivity contribution in [1.29, 1.82) is 0 Å². The van der Waals surface area contributed by atoms with Crippen molar-refractivity contribution in [3.8, 4) is 0 Å². The van der Waals surface area contributed by atoms with Crippen molar-refractivity contribution in [2.45, 2.75) is 43.5 Å². The second-order valence-electron chi connectivity index (χ2n) is 6.49. The number of benzene rings is 1. The summed E-state index contributed by atoms with van der Waals surface area (Å²) in [7, 11) is -1.78. The Morgan fingerprint density at radius 1 is 1.23 bits per heavy atom. The Morgan fingerprint density at radius 2 is 1.96 bits per heavy atom. The van der Waals surface area contributed by atoms with E-state index >= 15 is 0 Å². The van der Waals surface area contributed by atoms with E-state index in [1.165, 1.54) is 0 Å². The first kappa shape index (κ1) is 19.0. The van der Waals surface area contributed by atoms with Gasteiger partial charge >= 0.3 is 0 Å². The minimum Gasteiger partial charge on any atom is -0.384 e. The molecule has 1 aromatic heterocycles. The number of aryl methyl sites for hydroxylation is 1. The molecule has 1 saturated heterocycles. The Kier molecular flexibility index (Phi) is 6.05. The molecule has 0 spiro atoms. The molecule has 1 fully saturated rings. The summed E-state index contributed by atoms with van der Waals surface area (Å²) in [6.07, 6.45) is 4.66. The van der Waals surface area contributed by atoms with Crippen molar-refractivity contribution in [3.05, 3.63) is 42.0 Å². The van der Waals surface area contributed by atoms with Crippen LogP contribution in [0.2, 0.25) is 0 Å². The van der Waals surface area contributed by atoms with Gasteiger partial charge in [0, 0.05) is 32.7 Å². The van der Waals surface area contributed by atoms with Gasteiger partial charge in [0.15, 0.2) is 0 Å². The van der Waals surface area contributed by atoms with E-state index < -0.39 is 10.0 Å². The molecule has 0 radical (unpaired) electrons. The smallest absolute Gasteiger partial charge is 0.243 e. The first-order valence-corrected chi connectivity index (χ1v) is 10.5. The van der Waals surface area contributed by atoms with E-state index in [1.54, 1.807) is 29.9 Å². The molecule has 0 amide bonds. The van der Waals surface area contributed by atoms with Gasteiger partial charge in [-0.25, -0.2) is 8.42 Å². The summed E-state index contributed by atoms with van der Waals surface area (Å²) < 4.78 is 34.9. The van der Waals surface area contributed by atoms with Gasteiger partial charge in [-0.3, -0.25) is 0 Å². The highest BCUT2D eigenvalue weighted by atomic mass is 32.2. The highest BCUT2D eigenvalue weighted by molar-refractivity contribution is 7.89. The molecule has 0 saturated carbocycles. The second kappa shape index (κ2) is 8.28. The minimum atomic E-state index is -3.45. The molecule has 2 aromatic rings. The third-order valence-corrected chi connectivity index (χ3v) is 6.96. The lowest BCUT2D eigenvalue weighted by Crippen LogP contribution is -2.39. The number of rotatable bonds is 7. The fraction of sp³-hybridized carbons (Fsp3) is 0.556. The van der Waals surface area contributed by atoms with Gasteiger partial charge in [0.05, 0.1) is 11.5 Å². The zero-order valence-electron chi connectivity index (χ0n) is 15.3. The molecule has 1 aliphatic rings. The predicted molar refractivity (Wildman–Crippen MR) is 98.5 cm³/mol. The third kappa shape index (κ3) is 3.82. The minimum absolute atomic E-state index is 0.227. The van der Waals surface area contributed by atoms with Gasteiger partial charge < -0.3 is 9.30 Å². The summed E-state index contributed by atoms with van der Waals surface area (Å²) in [6, 6.07) is 7.50. The average molecular weight is 378 g/mol. The van der Waals surface area contributed by atoms with Gasteiger partial charge in [-0.05, 0) is 30.9 Å². The Hall–Kier alpha value is -1.77. The summed E-state index contributed by atoms with van der Waals surface area (Å²) in [4.78, 5) is 0.436. The number of nitrogens with zero attached hydrogens (tertiary/aromatic N) is 4. The molecule has 1 aromatic carbocycles. The molecule has 8 heteroatoms. The maximum Gasteiger partial charge on any atom is 0.243 e. The molecule has 0 unspecified atom stereocenters. The molecule has 7 nitrogen and oxygen atoms in total. The fourth-order valence-corrected chi connectivity index (χ4v) is 5.26. The Bertz CT molecular complexity index is 826. The standard InChI is InChI=1S/C18H26N4O3S/c1-3-15-6-4-5-7-17(15)26(23,24)21-11-8-16(9-12-21)22-14-19-20-18(22)10-13-25-2/h4-7,14,16H,3,8-13H2,1-2H3. The lowest BCUT2D eigenvalue weighted by atomic mass is 10.1. The van der Waals surface area contributed by atoms with Gasteiger partial charge in [-0.1, -0.05) is 25.1 Å². The van der Waals surface area contributed by atoms with Crippen LogP contribution in [0.3, 0.4) is 0 Å². The van der Waals surface area contributed by atoms with E-state index in [2.05, 4.69) is 14.8 Å². The molecule has 3 rings (SSSR count). The van der Waals surface area contributed by atoms with Crippen LogP contribution in [-0.4, -0.2) is 54.3 Å². The van der Waals surface area contributed by atoms with E-state index in [1.807, 2.05) is 19.1 Å². The van der Waals surface area contributed by atoms with E-state index in [0.717, 1.165) is 24.2 Å². The highest BCUT2D eigenvalue weighted by Gasteiger charge is 2.31. The lowest BCUT2D eigenvalue weighted by molar-refractivity contribution is 0.197. The van der Waals surface area contributed by atoms with Gasteiger partial charge in [-0.2, -0.15) is 4.31 Å². The van der Waals surface area contributed by atoms with Gasteiger partial charge in [0.25, 0.3) is 0 Å². The van der Waals surface area contributed by atoms with Crippen molar-refractivity contribution in [3.63, 3.8) is 0 Å². The van der Waals surface area contributed by atoms with Crippen LogP contribution in [-0.2, 0) is 27.6 Å². The summed E-state index contributed by atoms with van der Waals surface area (Å²) >= 11 is 0. The first-order chi connectivity index (χ1) is 12.6. The summed E-state index contributed by atoms with van der Waals surface area (Å²) in [6.45, 7) is 3.59. The van der Waals surface area contributed by atoms with Crippen LogP contribution >= 0.6 is 0 Å². The number of methoxy groups -OCH3 is 1. The molecule has 0 atom stereocenters. The molecule has 26 heavy (non-hydrogen) atoms. The summed E-state index contributed by atoms with van der Waals surface area (Å²) in [5.74, 6) is 0.893. The number of aromatic nitrogens is 3. The van der Waals surface area contributed by atoms with Crippen molar-refractivity contribution < 1.29 is 13.2 Å². The largest absolute Gasteiger partial charge is 0.384 e. The zero-order chi connectivity index (χ0) is 18.6. The number of ether oxygens (including phenoxy) is 1. The van der Waals surface area contributed by atoms with Gasteiger partial charge in [-0.15, -0.1) is 10.2 Å². The quantitative estimate of drug-likeness (QED) is 0.737. The van der Waals surface area contributed by atoms with Crippen molar-refractivity contribution >= 4 is 10.0 Å². The Morgan fingerprint density at radius 3 is 2.65 bits per heavy atom. The topological polar surface area (TPSA) is 77.3 Å². The lowest BCUT2D eigenvalue weighted by Gasteiger charge is -2.32. The maximum absolute atomic E-state index is 13.0. The van der Waals surface area contributed by atoms with Crippen LogP contribution in [0.5, 0.6) is 0 Å². The molecular weight excluding hydrogens is 352 g/mol. The third-order valence-electron chi connectivity index (χ3n) is 4.97. The SMILES string of the molecule is CCc1ccccc1S(=O)(=O)N1CCC(n2cnnc2CCOC)CC1. The van der Waals surface area contributed by atoms with Gasteiger partial charge in [0.2, 0.25) is 10.0 Å². The first-order valence-electron chi connectivity index (χ1n) is 9.03. The van der Waals surface area contributed by atoms with Crippen LogP contribution < -0.4 is 0 Å². The Balaban J connectivity index is 1.71. The predicted octanol–water partition coefficient (Wildman–Crippen LogP) is 2.06. The van der Waals surface area contributed by atoms with Crippen LogP contribution in [0.1, 0.15) is 37.2 Å². The van der Waals surface area contributed by atoms with Crippen LogP contribution in [0, 0.1) is 0 Å². The summed E-state index contributed by atoms with van der Waals surface area (Å²) in [5.41, 5.74) is 0.871. The highest BCUT2D eigenvalue weighted by Crippen LogP contribution is 2.28. The van der Waals surface area contributed by atoms with E-state index in [9.17, 15) is 8.42 Å². The van der Waals surface area contributed by atoms with E-state index in [0.29, 0.717) is 37.4 Å². The number of hydrogen-bond donors (Lipinski definition) is 0. The van der Waals surface area contributed by atoms with Crippen molar-refractivity contribution in [1.82, 2.24) is 19.1 Å². The molecule has 1 aliphatic heterocycles. The number of sulfonamides is 1. The van der Waals surface area contributed by atoms with Crippen molar-refractivity contribution in [2.75, 3.05) is 26.8 Å². The molecule has 142 valence electrons. The number of hydrogen-bond acceptors (Lipinski definition) is 5. The molecule has 0 aliphatic carbocycles. The molecule has 0 bridgehead atoms. The molecule has 2 heterocycles. The monoisotopic (exact) mass is 378 g/mol. The molecular formula is C18H26N4O3S. The zero-order valence-corrected chi connectivity index (χ0v) is 16.2. The van der Waals surface area contributed by atoms with E-state index in [4.69, 9.17) is 4.74 Å². The summed E-state index contributed by atoms with van der Waals surface area (Å²) in [5, 5.41) is 8.18. The van der Waals surface area contributed by atoms with E-state index in [-0.39, 0.29) is 6.04 Å². The van der Waals surface area contributed by atoms with Crippen LogP contribution in [0.25, 0.3) is 0 Å². The van der Waals surface area contributed by atoms with Gasteiger partial charge in [0.1, 0.15) is 12.2 Å². The number of piperidine rings is 1. The fourth-order valence-electron chi connectivity index (χ4n) is 3.49. The van der Waals surface area contributed by atoms with Crippen LogP contribution in [0.4, 0.5) is 0 Å². The average Bonchev–Trinajstić information content (AvgIpc) is 3.15. The molecule has 0 N–H and O–H groups in total. The second-order valence-corrected chi connectivity index (χ2v) is 8.40. The normalized spacial score (nSPS) is 16.8. The van der Waals surface area contributed by atoms with Crippen molar-refractivity contribution in [2.24, 2.45) is 0 Å². The Labute approximate surface area is 155 Å².